The minimum atomic E-state index is -0.293. The summed E-state index contributed by atoms with van der Waals surface area (Å²) < 4.78 is 13.7. The molecule has 0 saturated carbocycles. The van der Waals surface area contributed by atoms with E-state index in [0.29, 0.717) is 5.92 Å². The lowest BCUT2D eigenvalue weighted by Gasteiger charge is -2.32. The van der Waals surface area contributed by atoms with Gasteiger partial charge in [-0.25, -0.2) is 4.39 Å². The van der Waals surface area contributed by atoms with Gasteiger partial charge in [0.1, 0.15) is 5.82 Å². The van der Waals surface area contributed by atoms with Gasteiger partial charge in [-0.15, -0.1) is 0 Å². The van der Waals surface area contributed by atoms with Crippen molar-refractivity contribution in [2.24, 2.45) is 0 Å². The molecule has 1 aliphatic rings. The summed E-state index contributed by atoms with van der Waals surface area (Å²) in [7, 11) is 0. The van der Waals surface area contributed by atoms with Crippen LogP contribution in [0, 0.1) is 12.7 Å². The molecule has 1 aromatic heterocycles. The Morgan fingerprint density at radius 1 is 1.32 bits per heavy atom. The molecule has 1 fully saturated rings. The quantitative estimate of drug-likeness (QED) is 0.882. The summed E-state index contributed by atoms with van der Waals surface area (Å²) in [6, 6.07) is 7.47. The van der Waals surface area contributed by atoms with Crippen molar-refractivity contribution in [2.45, 2.75) is 32.2 Å². The van der Waals surface area contributed by atoms with Crippen LogP contribution in [0.4, 0.5) is 10.1 Å². The number of nitrogens with zero attached hydrogens (tertiary/aromatic N) is 2. The number of nitrogens with two attached hydrogens (primary N) is 1. The number of anilines is 1. The van der Waals surface area contributed by atoms with E-state index >= 15 is 0 Å². The molecular formula is C18H22FN3. The molecule has 116 valence electrons. The molecule has 2 N–H and O–H groups in total. The summed E-state index contributed by atoms with van der Waals surface area (Å²) in [5.74, 6) is 0.138. The molecule has 0 spiro atoms. The number of pyridine rings is 1. The monoisotopic (exact) mass is 299 g/mol. The van der Waals surface area contributed by atoms with Gasteiger partial charge in [-0.2, -0.15) is 0 Å². The van der Waals surface area contributed by atoms with Crippen molar-refractivity contribution in [3.63, 3.8) is 0 Å². The number of benzene rings is 1. The fourth-order valence-corrected chi connectivity index (χ4v) is 3.31. The third-order valence-corrected chi connectivity index (χ3v) is 4.54. The maximum absolute atomic E-state index is 13.7. The number of aromatic nitrogens is 1. The first-order chi connectivity index (χ1) is 10.6. The minimum Gasteiger partial charge on any atom is -0.396 e. The molecule has 1 aliphatic heterocycles. The van der Waals surface area contributed by atoms with Gasteiger partial charge >= 0.3 is 0 Å². The van der Waals surface area contributed by atoms with Crippen LogP contribution in [0.2, 0.25) is 0 Å². The van der Waals surface area contributed by atoms with Gasteiger partial charge in [-0.3, -0.25) is 9.88 Å². The molecule has 0 amide bonds. The van der Waals surface area contributed by atoms with E-state index in [9.17, 15) is 4.39 Å². The summed E-state index contributed by atoms with van der Waals surface area (Å²) in [4.78, 5) is 6.60. The van der Waals surface area contributed by atoms with E-state index < -0.39 is 0 Å². The van der Waals surface area contributed by atoms with E-state index in [1.165, 1.54) is 5.56 Å². The molecule has 3 rings (SSSR count). The topological polar surface area (TPSA) is 42.1 Å². The number of piperidine rings is 1. The van der Waals surface area contributed by atoms with E-state index in [0.717, 1.165) is 43.6 Å². The van der Waals surface area contributed by atoms with Crippen LogP contribution in [-0.2, 0) is 6.54 Å². The highest BCUT2D eigenvalue weighted by Gasteiger charge is 2.22. The van der Waals surface area contributed by atoms with Crippen LogP contribution in [0.5, 0.6) is 0 Å². The molecule has 1 aromatic carbocycles. The zero-order valence-corrected chi connectivity index (χ0v) is 12.9. The SMILES string of the molecule is Cc1cc(N)c(F)cc1C1CCN(Cc2cccnc2)CC1. The number of likely N-dealkylation sites (tertiary alicyclic amines) is 1. The molecule has 0 bridgehead atoms. The van der Waals surface area contributed by atoms with Gasteiger partial charge in [0.25, 0.3) is 0 Å². The molecule has 3 nitrogen and oxygen atoms in total. The molecule has 0 aliphatic carbocycles. The Morgan fingerprint density at radius 2 is 2.09 bits per heavy atom. The lowest BCUT2D eigenvalue weighted by molar-refractivity contribution is 0.204. The summed E-state index contributed by atoms with van der Waals surface area (Å²) >= 11 is 0. The van der Waals surface area contributed by atoms with Crippen LogP contribution < -0.4 is 5.73 Å². The number of hydrogen-bond donors (Lipinski definition) is 1. The normalized spacial score (nSPS) is 16.8. The summed E-state index contributed by atoms with van der Waals surface area (Å²) in [6.45, 7) is 5.03. The Bertz CT molecular complexity index is 634. The van der Waals surface area contributed by atoms with Gasteiger partial charge in [-0.05, 0) is 73.7 Å². The zero-order valence-electron chi connectivity index (χ0n) is 12.9. The van der Waals surface area contributed by atoms with Crippen LogP contribution in [0.1, 0.15) is 35.4 Å². The van der Waals surface area contributed by atoms with E-state index in [2.05, 4.69) is 16.0 Å². The van der Waals surface area contributed by atoms with Crippen molar-refractivity contribution in [2.75, 3.05) is 18.8 Å². The molecule has 4 heteroatoms. The second-order valence-electron chi connectivity index (χ2n) is 6.14. The van der Waals surface area contributed by atoms with E-state index in [1.807, 2.05) is 19.2 Å². The minimum absolute atomic E-state index is 0.246. The second-order valence-corrected chi connectivity index (χ2v) is 6.14. The average molecular weight is 299 g/mol. The molecule has 0 atom stereocenters. The predicted octanol–water partition coefficient (Wildman–Crippen LogP) is 3.49. The maximum atomic E-state index is 13.7. The summed E-state index contributed by atoms with van der Waals surface area (Å²) in [6.07, 6.45) is 5.84. The van der Waals surface area contributed by atoms with Gasteiger partial charge in [0.15, 0.2) is 0 Å². The van der Waals surface area contributed by atoms with Gasteiger partial charge in [0.05, 0.1) is 5.69 Å². The van der Waals surface area contributed by atoms with Gasteiger partial charge in [-0.1, -0.05) is 6.07 Å². The number of rotatable bonds is 3. The Balaban J connectivity index is 1.63. The Labute approximate surface area is 131 Å². The van der Waals surface area contributed by atoms with Crippen LogP contribution in [0.25, 0.3) is 0 Å². The molecular weight excluding hydrogens is 277 g/mol. The molecule has 0 unspecified atom stereocenters. The van der Waals surface area contributed by atoms with Crippen molar-refractivity contribution < 1.29 is 4.39 Å². The Morgan fingerprint density at radius 3 is 2.77 bits per heavy atom. The van der Waals surface area contributed by atoms with Crippen LogP contribution in [0.15, 0.2) is 36.7 Å². The first-order valence-corrected chi connectivity index (χ1v) is 7.80. The van der Waals surface area contributed by atoms with Crippen molar-refractivity contribution in [1.29, 1.82) is 0 Å². The maximum Gasteiger partial charge on any atom is 0.146 e. The molecule has 1 saturated heterocycles. The summed E-state index contributed by atoms with van der Waals surface area (Å²) in [5, 5.41) is 0. The third kappa shape index (κ3) is 3.28. The number of halogens is 1. The zero-order chi connectivity index (χ0) is 15.5. The van der Waals surface area contributed by atoms with Crippen molar-refractivity contribution >= 4 is 5.69 Å². The number of aryl methyl sites for hydroxylation is 1. The Hall–Kier alpha value is -1.94. The van der Waals surface area contributed by atoms with Gasteiger partial charge < -0.3 is 5.73 Å². The Kier molecular flexibility index (Phi) is 4.39. The molecule has 2 heterocycles. The molecule has 22 heavy (non-hydrogen) atoms. The van der Waals surface area contributed by atoms with Crippen molar-refractivity contribution in [3.8, 4) is 0 Å². The lowest BCUT2D eigenvalue weighted by Crippen LogP contribution is -2.32. The highest BCUT2D eigenvalue weighted by Crippen LogP contribution is 2.32. The molecule has 0 radical (unpaired) electrons. The highest BCUT2D eigenvalue weighted by molar-refractivity contribution is 5.47. The average Bonchev–Trinajstić information content (AvgIpc) is 2.53. The molecule has 2 aromatic rings. The smallest absolute Gasteiger partial charge is 0.146 e. The van der Waals surface area contributed by atoms with Gasteiger partial charge in [0.2, 0.25) is 0 Å². The van der Waals surface area contributed by atoms with Crippen molar-refractivity contribution in [3.05, 3.63) is 59.2 Å². The predicted molar refractivity (Wildman–Crippen MR) is 87.0 cm³/mol. The fraction of sp³-hybridized carbons (Fsp3) is 0.389. The lowest BCUT2D eigenvalue weighted by atomic mass is 9.86. The number of hydrogen-bond acceptors (Lipinski definition) is 3. The first-order valence-electron chi connectivity index (χ1n) is 7.80. The fourth-order valence-electron chi connectivity index (χ4n) is 3.31. The second kappa shape index (κ2) is 6.44. The third-order valence-electron chi connectivity index (χ3n) is 4.54. The number of nitrogen functional groups attached to an aromatic ring is 1. The first kappa shape index (κ1) is 15.0. The van der Waals surface area contributed by atoms with Gasteiger partial charge in [0, 0.05) is 18.9 Å². The van der Waals surface area contributed by atoms with Crippen LogP contribution in [0.3, 0.4) is 0 Å². The largest absolute Gasteiger partial charge is 0.396 e. The van der Waals surface area contributed by atoms with Crippen LogP contribution in [-0.4, -0.2) is 23.0 Å². The summed E-state index contributed by atoms with van der Waals surface area (Å²) in [5.41, 5.74) is 9.35. The standard InChI is InChI=1S/C18H22FN3/c1-13-9-18(20)17(19)10-16(13)15-4-7-22(8-5-15)12-14-3-2-6-21-11-14/h2-3,6,9-11,15H,4-5,7-8,12,20H2,1H3. The van der Waals surface area contributed by atoms with E-state index in [1.54, 1.807) is 18.3 Å². The van der Waals surface area contributed by atoms with E-state index in [4.69, 9.17) is 5.73 Å². The van der Waals surface area contributed by atoms with E-state index in [-0.39, 0.29) is 11.5 Å². The highest BCUT2D eigenvalue weighted by atomic mass is 19.1. The van der Waals surface area contributed by atoms with Crippen LogP contribution >= 0.6 is 0 Å². The van der Waals surface area contributed by atoms with Crippen molar-refractivity contribution in [1.82, 2.24) is 9.88 Å².